The van der Waals surface area contributed by atoms with E-state index in [0.29, 0.717) is 5.92 Å². The molecule has 0 spiro atoms. The van der Waals surface area contributed by atoms with Crippen molar-refractivity contribution < 1.29 is 9.31 Å². The lowest BCUT2D eigenvalue weighted by atomic mass is 9.76. The average molecular weight is 312 g/mol. The highest BCUT2D eigenvalue weighted by atomic mass is 16.7. The Morgan fingerprint density at radius 3 is 2.35 bits per heavy atom. The van der Waals surface area contributed by atoms with Crippen molar-refractivity contribution in [3.63, 3.8) is 0 Å². The summed E-state index contributed by atoms with van der Waals surface area (Å²) in [6, 6.07) is 10.9. The summed E-state index contributed by atoms with van der Waals surface area (Å²) in [7, 11) is -0.120. The van der Waals surface area contributed by atoms with Crippen molar-refractivity contribution in [3.05, 3.63) is 47.5 Å². The Balaban J connectivity index is 1.71. The van der Waals surface area contributed by atoms with Crippen molar-refractivity contribution in [1.82, 2.24) is 0 Å². The van der Waals surface area contributed by atoms with E-state index in [4.69, 9.17) is 9.31 Å². The summed E-state index contributed by atoms with van der Waals surface area (Å²) < 4.78 is 12.3. The smallest absolute Gasteiger partial charge is 0.403 e. The van der Waals surface area contributed by atoms with Gasteiger partial charge in [0.1, 0.15) is 0 Å². The Hall–Kier alpha value is -1.06. The molecule has 0 aromatic heterocycles. The van der Waals surface area contributed by atoms with Gasteiger partial charge < -0.3 is 9.31 Å². The van der Waals surface area contributed by atoms with Crippen LogP contribution in [0.4, 0.5) is 0 Å². The molecule has 1 saturated heterocycles. The highest BCUT2D eigenvalue weighted by Crippen LogP contribution is 2.40. The molecule has 1 saturated carbocycles. The van der Waals surface area contributed by atoms with Crippen LogP contribution in [-0.4, -0.2) is 18.3 Å². The van der Waals surface area contributed by atoms with Crippen LogP contribution in [-0.2, 0) is 9.31 Å². The third-order valence-electron chi connectivity index (χ3n) is 5.73. The van der Waals surface area contributed by atoms with Crippen LogP contribution in [0.2, 0.25) is 6.32 Å². The molecule has 0 N–H and O–H groups in total. The summed E-state index contributed by atoms with van der Waals surface area (Å²) in [4.78, 5) is 0. The van der Waals surface area contributed by atoms with Crippen LogP contribution in [0, 0.1) is 0 Å². The monoisotopic (exact) mass is 312 g/mol. The lowest BCUT2D eigenvalue weighted by Crippen LogP contribution is -2.41. The number of benzene rings is 1. The van der Waals surface area contributed by atoms with Gasteiger partial charge in [0.2, 0.25) is 0 Å². The first-order chi connectivity index (χ1) is 10.9. The summed E-state index contributed by atoms with van der Waals surface area (Å²) in [5.41, 5.74) is 2.55. The van der Waals surface area contributed by atoms with Crippen LogP contribution >= 0.6 is 0 Å². The van der Waals surface area contributed by atoms with Gasteiger partial charge in [0.25, 0.3) is 0 Å². The lowest BCUT2D eigenvalue weighted by molar-refractivity contribution is 0.00578. The van der Waals surface area contributed by atoms with Crippen LogP contribution in [0.15, 0.2) is 42.0 Å². The fourth-order valence-electron chi connectivity index (χ4n) is 3.66. The van der Waals surface area contributed by atoms with E-state index in [0.717, 1.165) is 6.32 Å². The molecule has 124 valence electrons. The van der Waals surface area contributed by atoms with E-state index in [2.05, 4.69) is 64.1 Å². The second-order valence-electron chi connectivity index (χ2n) is 7.91. The highest BCUT2D eigenvalue weighted by molar-refractivity contribution is 6.46. The van der Waals surface area contributed by atoms with Crippen LogP contribution < -0.4 is 0 Å². The molecule has 2 nitrogen and oxygen atoms in total. The predicted molar refractivity (Wildman–Crippen MR) is 96.6 cm³/mol. The highest BCUT2D eigenvalue weighted by Gasteiger charge is 2.50. The topological polar surface area (TPSA) is 18.5 Å². The normalized spacial score (nSPS) is 28.3. The Kier molecular flexibility index (Phi) is 4.71. The number of hydrogen-bond donors (Lipinski definition) is 0. The van der Waals surface area contributed by atoms with Crippen LogP contribution in [0.3, 0.4) is 0 Å². The van der Waals surface area contributed by atoms with E-state index >= 15 is 0 Å². The van der Waals surface area contributed by atoms with E-state index < -0.39 is 0 Å². The van der Waals surface area contributed by atoms with E-state index in [-0.39, 0.29) is 18.3 Å². The molecule has 3 rings (SSSR count). The van der Waals surface area contributed by atoms with Crippen molar-refractivity contribution in [2.45, 2.75) is 76.8 Å². The minimum atomic E-state index is -0.235. The molecule has 0 amide bonds. The standard InChI is InChI=1S/C20H29BO2/c1-19(2)20(3,4)23-21(22-19)15-14-17-12-8-9-13-18(17)16-10-6-5-7-11-16/h5-7,10-11,14,18H,8-9,12-13,15H2,1-4H3/b17-14-. The van der Waals surface area contributed by atoms with Gasteiger partial charge in [0.05, 0.1) is 11.2 Å². The first-order valence-electron chi connectivity index (χ1n) is 8.98. The van der Waals surface area contributed by atoms with Gasteiger partial charge in [-0.1, -0.05) is 48.4 Å². The average Bonchev–Trinajstić information content (AvgIpc) is 2.74. The molecule has 3 heteroatoms. The lowest BCUT2D eigenvalue weighted by Gasteiger charge is -2.32. The molecule has 1 heterocycles. The van der Waals surface area contributed by atoms with Gasteiger partial charge in [-0.2, -0.15) is 0 Å². The molecule has 23 heavy (non-hydrogen) atoms. The second kappa shape index (κ2) is 6.45. The predicted octanol–water partition coefficient (Wildman–Crippen LogP) is 5.36. The Morgan fingerprint density at radius 1 is 1.04 bits per heavy atom. The van der Waals surface area contributed by atoms with Crippen LogP contribution in [0.5, 0.6) is 0 Å². The van der Waals surface area contributed by atoms with Gasteiger partial charge in [-0.25, -0.2) is 0 Å². The quantitative estimate of drug-likeness (QED) is 0.552. The largest absolute Gasteiger partial charge is 0.461 e. The van der Waals surface area contributed by atoms with Gasteiger partial charge in [-0.15, -0.1) is 0 Å². The zero-order chi connectivity index (χ0) is 16.5. The molecule has 1 aromatic rings. The number of rotatable bonds is 3. The Morgan fingerprint density at radius 2 is 1.70 bits per heavy atom. The molecule has 0 bridgehead atoms. The van der Waals surface area contributed by atoms with Crippen molar-refractivity contribution in [2.75, 3.05) is 0 Å². The summed E-state index contributed by atoms with van der Waals surface area (Å²) >= 11 is 0. The maximum absolute atomic E-state index is 6.13. The van der Waals surface area contributed by atoms with Crippen molar-refractivity contribution in [2.24, 2.45) is 0 Å². The zero-order valence-corrected chi connectivity index (χ0v) is 15.0. The van der Waals surface area contributed by atoms with Crippen molar-refractivity contribution >= 4 is 7.12 Å². The second-order valence-corrected chi connectivity index (χ2v) is 7.91. The third kappa shape index (κ3) is 3.56. The van der Waals surface area contributed by atoms with Gasteiger partial charge in [-0.05, 0) is 52.5 Å². The first-order valence-corrected chi connectivity index (χ1v) is 8.98. The fourth-order valence-corrected chi connectivity index (χ4v) is 3.66. The minimum absolute atomic E-state index is 0.120. The SMILES string of the molecule is CC1(C)OB(C/C=C2/CCCCC2c2ccccc2)OC1(C)C. The Bertz CT molecular complexity index is 546. The third-order valence-corrected chi connectivity index (χ3v) is 5.73. The minimum Gasteiger partial charge on any atom is -0.403 e. The zero-order valence-electron chi connectivity index (χ0n) is 15.0. The van der Waals surface area contributed by atoms with Gasteiger partial charge in [0.15, 0.2) is 0 Å². The van der Waals surface area contributed by atoms with E-state index in [1.54, 1.807) is 5.57 Å². The molecular weight excluding hydrogens is 283 g/mol. The summed E-state index contributed by atoms with van der Waals surface area (Å²) in [5, 5.41) is 0. The van der Waals surface area contributed by atoms with Gasteiger partial charge >= 0.3 is 7.12 Å². The van der Waals surface area contributed by atoms with Gasteiger partial charge in [0, 0.05) is 12.2 Å². The number of hydrogen-bond acceptors (Lipinski definition) is 2. The molecule has 2 aliphatic rings. The summed E-state index contributed by atoms with van der Waals surface area (Å²) in [6.45, 7) is 8.47. The van der Waals surface area contributed by atoms with E-state index in [1.807, 2.05) is 0 Å². The molecule has 1 aliphatic carbocycles. The molecule has 1 aromatic carbocycles. The molecular formula is C20H29BO2. The summed E-state index contributed by atoms with van der Waals surface area (Å²) in [5.74, 6) is 0.576. The van der Waals surface area contributed by atoms with Crippen LogP contribution in [0.25, 0.3) is 0 Å². The number of allylic oxidation sites excluding steroid dienone is 2. The van der Waals surface area contributed by atoms with E-state index in [1.165, 1.54) is 31.2 Å². The first kappa shape index (κ1) is 16.8. The van der Waals surface area contributed by atoms with Crippen LogP contribution in [0.1, 0.15) is 64.9 Å². The van der Waals surface area contributed by atoms with E-state index in [9.17, 15) is 0 Å². The van der Waals surface area contributed by atoms with Crippen molar-refractivity contribution in [1.29, 1.82) is 0 Å². The molecule has 1 aliphatic heterocycles. The molecule has 2 fully saturated rings. The van der Waals surface area contributed by atoms with Crippen molar-refractivity contribution in [3.8, 4) is 0 Å². The van der Waals surface area contributed by atoms with Gasteiger partial charge in [-0.3, -0.25) is 0 Å². The Labute approximate surface area is 141 Å². The fraction of sp³-hybridized carbons (Fsp3) is 0.600. The maximum atomic E-state index is 6.13. The molecule has 0 radical (unpaired) electrons. The molecule has 1 atom stereocenters. The molecule has 1 unspecified atom stereocenters. The summed E-state index contributed by atoms with van der Waals surface area (Å²) in [6.07, 6.45) is 8.34. The maximum Gasteiger partial charge on any atom is 0.461 e.